The number of aromatic nitrogens is 2. The smallest absolute Gasteiger partial charge is 0.212 e. The molecule has 0 spiro atoms. The standard InChI is InChI=1S/C14H13BrN2O3/c1-2-17-13(10(15)8-16-17)14(18)9-3-4-11-12(7-9)20-6-5-19-11/h3-4,7-8H,2,5-6H2,1H3. The van der Waals surface area contributed by atoms with Crippen molar-refractivity contribution in [2.45, 2.75) is 13.5 Å². The second kappa shape index (κ2) is 5.28. The second-order valence-corrected chi connectivity index (χ2v) is 5.20. The first-order valence-electron chi connectivity index (χ1n) is 6.36. The zero-order chi connectivity index (χ0) is 14.1. The Hall–Kier alpha value is -1.82. The fourth-order valence-electron chi connectivity index (χ4n) is 2.15. The number of fused-ring (bicyclic) bond motifs is 1. The van der Waals surface area contributed by atoms with Gasteiger partial charge in [-0.15, -0.1) is 0 Å². The first-order valence-corrected chi connectivity index (χ1v) is 7.15. The Morgan fingerprint density at radius 1 is 1.35 bits per heavy atom. The zero-order valence-corrected chi connectivity index (χ0v) is 12.5. The maximum Gasteiger partial charge on any atom is 0.212 e. The van der Waals surface area contributed by atoms with Gasteiger partial charge in [0.15, 0.2) is 11.5 Å². The summed E-state index contributed by atoms with van der Waals surface area (Å²) in [6, 6.07) is 5.23. The van der Waals surface area contributed by atoms with Crippen LogP contribution in [-0.2, 0) is 6.54 Å². The van der Waals surface area contributed by atoms with E-state index in [1.807, 2.05) is 6.92 Å². The lowest BCUT2D eigenvalue weighted by Crippen LogP contribution is -2.16. The van der Waals surface area contributed by atoms with Crippen molar-refractivity contribution in [1.82, 2.24) is 9.78 Å². The summed E-state index contributed by atoms with van der Waals surface area (Å²) in [6.45, 7) is 3.62. The van der Waals surface area contributed by atoms with Crippen LogP contribution in [0.5, 0.6) is 11.5 Å². The molecule has 0 aliphatic carbocycles. The maximum absolute atomic E-state index is 12.6. The first kappa shape index (κ1) is 13.2. The van der Waals surface area contributed by atoms with Crippen LogP contribution >= 0.6 is 15.9 Å². The fraction of sp³-hybridized carbons (Fsp3) is 0.286. The van der Waals surface area contributed by atoms with Crippen LogP contribution in [0.25, 0.3) is 0 Å². The van der Waals surface area contributed by atoms with Crippen molar-refractivity contribution in [3.63, 3.8) is 0 Å². The Labute approximate surface area is 124 Å². The molecule has 0 saturated heterocycles. The van der Waals surface area contributed by atoms with E-state index in [-0.39, 0.29) is 5.78 Å². The molecule has 6 heteroatoms. The van der Waals surface area contributed by atoms with Crippen LogP contribution in [0, 0.1) is 0 Å². The minimum absolute atomic E-state index is 0.0896. The molecule has 1 aliphatic rings. The maximum atomic E-state index is 12.6. The number of carbonyl (C=O) groups is 1. The Morgan fingerprint density at radius 3 is 2.85 bits per heavy atom. The largest absolute Gasteiger partial charge is 0.486 e. The van der Waals surface area contributed by atoms with Gasteiger partial charge in [-0.1, -0.05) is 0 Å². The Kier molecular flexibility index (Phi) is 3.48. The minimum Gasteiger partial charge on any atom is -0.486 e. The molecule has 1 aliphatic heterocycles. The quantitative estimate of drug-likeness (QED) is 0.808. The summed E-state index contributed by atoms with van der Waals surface area (Å²) in [5.74, 6) is 1.20. The lowest BCUT2D eigenvalue weighted by Gasteiger charge is -2.18. The Morgan fingerprint density at radius 2 is 2.10 bits per heavy atom. The van der Waals surface area contributed by atoms with E-state index in [0.717, 1.165) is 0 Å². The molecule has 1 aromatic heterocycles. The van der Waals surface area contributed by atoms with Crippen LogP contribution in [0.15, 0.2) is 28.9 Å². The summed E-state index contributed by atoms with van der Waals surface area (Å²) in [7, 11) is 0. The number of ether oxygens (including phenoxy) is 2. The number of aryl methyl sites for hydroxylation is 1. The van der Waals surface area contributed by atoms with Crippen molar-refractivity contribution in [1.29, 1.82) is 0 Å². The molecule has 2 aromatic rings. The molecule has 0 radical (unpaired) electrons. The van der Waals surface area contributed by atoms with Gasteiger partial charge in [0, 0.05) is 12.1 Å². The van der Waals surface area contributed by atoms with Gasteiger partial charge in [0.05, 0.1) is 10.7 Å². The summed E-state index contributed by atoms with van der Waals surface area (Å²) in [5.41, 5.74) is 1.11. The number of carbonyl (C=O) groups excluding carboxylic acids is 1. The summed E-state index contributed by atoms with van der Waals surface area (Å²) in [5, 5.41) is 4.16. The van der Waals surface area contributed by atoms with Gasteiger partial charge in [-0.05, 0) is 41.1 Å². The average molecular weight is 337 g/mol. The monoisotopic (exact) mass is 336 g/mol. The van der Waals surface area contributed by atoms with Crippen LogP contribution in [0.1, 0.15) is 23.0 Å². The van der Waals surface area contributed by atoms with Crippen LogP contribution < -0.4 is 9.47 Å². The molecule has 0 saturated carbocycles. The highest BCUT2D eigenvalue weighted by atomic mass is 79.9. The van der Waals surface area contributed by atoms with E-state index in [2.05, 4.69) is 21.0 Å². The molecule has 1 aromatic carbocycles. The van der Waals surface area contributed by atoms with Crippen LogP contribution in [0.3, 0.4) is 0 Å². The second-order valence-electron chi connectivity index (χ2n) is 4.34. The van der Waals surface area contributed by atoms with Crippen molar-refractivity contribution < 1.29 is 14.3 Å². The summed E-state index contributed by atoms with van der Waals surface area (Å²) in [4.78, 5) is 12.6. The van der Waals surface area contributed by atoms with E-state index >= 15 is 0 Å². The average Bonchev–Trinajstić information content (AvgIpc) is 2.87. The Balaban J connectivity index is 2.00. The highest BCUT2D eigenvalue weighted by Gasteiger charge is 2.21. The van der Waals surface area contributed by atoms with Crippen molar-refractivity contribution in [2.24, 2.45) is 0 Å². The number of ketones is 1. The third kappa shape index (κ3) is 2.20. The minimum atomic E-state index is -0.0896. The molecule has 0 N–H and O–H groups in total. The molecule has 0 unspecified atom stereocenters. The molecule has 2 heterocycles. The van der Waals surface area contributed by atoms with E-state index in [0.29, 0.717) is 47.0 Å². The van der Waals surface area contributed by atoms with Crippen molar-refractivity contribution >= 4 is 21.7 Å². The summed E-state index contributed by atoms with van der Waals surface area (Å²) in [6.07, 6.45) is 1.63. The van der Waals surface area contributed by atoms with E-state index in [9.17, 15) is 4.79 Å². The van der Waals surface area contributed by atoms with Crippen LogP contribution in [0.2, 0.25) is 0 Å². The number of benzene rings is 1. The van der Waals surface area contributed by atoms with Gasteiger partial charge in [0.2, 0.25) is 5.78 Å². The molecular formula is C14H13BrN2O3. The van der Waals surface area contributed by atoms with Gasteiger partial charge in [0.1, 0.15) is 18.9 Å². The number of hydrogen-bond donors (Lipinski definition) is 0. The fourth-order valence-corrected chi connectivity index (χ4v) is 2.63. The third-order valence-electron chi connectivity index (χ3n) is 3.11. The number of hydrogen-bond acceptors (Lipinski definition) is 4. The highest BCUT2D eigenvalue weighted by Crippen LogP contribution is 2.32. The molecule has 0 atom stereocenters. The predicted molar refractivity (Wildman–Crippen MR) is 76.5 cm³/mol. The zero-order valence-electron chi connectivity index (χ0n) is 10.9. The lowest BCUT2D eigenvalue weighted by molar-refractivity contribution is 0.102. The predicted octanol–water partition coefficient (Wildman–Crippen LogP) is 2.67. The molecular weight excluding hydrogens is 324 g/mol. The van der Waals surface area contributed by atoms with Gasteiger partial charge in [-0.3, -0.25) is 9.48 Å². The third-order valence-corrected chi connectivity index (χ3v) is 3.69. The van der Waals surface area contributed by atoms with E-state index in [4.69, 9.17) is 9.47 Å². The first-order chi connectivity index (χ1) is 9.70. The van der Waals surface area contributed by atoms with E-state index in [1.165, 1.54) is 0 Å². The SMILES string of the molecule is CCn1ncc(Br)c1C(=O)c1ccc2c(c1)OCCO2. The van der Waals surface area contributed by atoms with Crippen molar-refractivity contribution in [3.05, 3.63) is 40.1 Å². The van der Waals surface area contributed by atoms with Crippen molar-refractivity contribution in [3.8, 4) is 11.5 Å². The number of halogens is 1. The van der Waals surface area contributed by atoms with Crippen LogP contribution in [-0.4, -0.2) is 28.8 Å². The molecule has 3 rings (SSSR count). The van der Waals surface area contributed by atoms with Crippen LogP contribution in [0.4, 0.5) is 0 Å². The molecule has 20 heavy (non-hydrogen) atoms. The van der Waals surface area contributed by atoms with Gasteiger partial charge in [-0.2, -0.15) is 5.10 Å². The molecule has 0 amide bonds. The molecule has 5 nitrogen and oxygen atoms in total. The van der Waals surface area contributed by atoms with E-state index < -0.39 is 0 Å². The van der Waals surface area contributed by atoms with Gasteiger partial charge in [0.25, 0.3) is 0 Å². The summed E-state index contributed by atoms with van der Waals surface area (Å²) < 4.78 is 13.3. The lowest BCUT2D eigenvalue weighted by atomic mass is 10.1. The highest BCUT2D eigenvalue weighted by molar-refractivity contribution is 9.10. The number of rotatable bonds is 3. The van der Waals surface area contributed by atoms with Crippen molar-refractivity contribution in [2.75, 3.05) is 13.2 Å². The normalized spacial score (nSPS) is 13.3. The topological polar surface area (TPSA) is 53.4 Å². The van der Waals surface area contributed by atoms with E-state index in [1.54, 1.807) is 29.1 Å². The molecule has 104 valence electrons. The number of nitrogens with zero attached hydrogens (tertiary/aromatic N) is 2. The van der Waals surface area contributed by atoms with Gasteiger partial charge in [-0.25, -0.2) is 0 Å². The summed E-state index contributed by atoms with van der Waals surface area (Å²) >= 11 is 3.37. The van der Waals surface area contributed by atoms with Gasteiger partial charge < -0.3 is 9.47 Å². The Bertz CT molecular complexity index is 666. The molecule has 0 bridgehead atoms. The molecule has 0 fully saturated rings. The van der Waals surface area contributed by atoms with Gasteiger partial charge >= 0.3 is 0 Å².